The summed E-state index contributed by atoms with van der Waals surface area (Å²) in [4.78, 5) is 0. The van der Waals surface area contributed by atoms with Gasteiger partial charge in [-0.2, -0.15) is 0 Å². The van der Waals surface area contributed by atoms with Crippen LogP contribution < -0.4 is 4.74 Å². The first-order valence-electron chi connectivity index (χ1n) is 4.43. The summed E-state index contributed by atoms with van der Waals surface area (Å²) in [5, 5.41) is 0. The second kappa shape index (κ2) is 4.45. The zero-order valence-electron chi connectivity index (χ0n) is 7.78. The van der Waals surface area contributed by atoms with Crippen molar-refractivity contribution >= 4 is 15.9 Å². The number of rotatable bonds is 2. The molecule has 15 heavy (non-hydrogen) atoms. The smallest absolute Gasteiger partial charge is 0.137 e. The Morgan fingerprint density at radius 1 is 0.933 bits per heavy atom. The SMILES string of the molecule is Fc1ccc(Oc2ccccc2)cc1Br. The molecule has 0 atom stereocenters. The Morgan fingerprint density at radius 2 is 1.67 bits per heavy atom. The Balaban J connectivity index is 2.22. The molecule has 0 heterocycles. The molecule has 0 saturated carbocycles. The molecule has 0 aliphatic carbocycles. The van der Waals surface area contributed by atoms with E-state index in [-0.39, 0.29) is 5.82 Å². The van der Waals surface area contributed by atoms with E-state index < -0.39 is 0 Å². The highest BCUT2D eigenvalue weighted by molar-refractivity contribution is 9.10. The molecule has 0 aliphatic rings. The van der Waals surface area contributed by atoms with Gasteiger partial charge in [-0.25, -0.2) is 4.39 Å². The van der Waals surface area contributed by atoms with E-state index in [9.17, 15) is 4.39 Å². The lowest BCUT2D eigenvalue weighted by atomic mass is 10.3. The first kappa shape index (κ1) is 10.2. The van der Waals surface area contributed by atoms with E-state index >= 15 is 0 Å². The molecule has 0 spiro atoms. The van der Waals surface area contributed by atoms with Crippen LogP contribution in [0.4, 0.5) is 4.39 Å². The van der Waals surface area contributed by atoms with Gasteiger partial charge in [0, 0.05) is 0 Å². The standard InChI is InChI=1S/C12H8BrFO/c13-11-8-10(6-7-12(11)14)15-9-4-2-1-3-5-9/h1-8H. The average Bonchev–Trinajstić information content (AvgIpc) is 2.25. The lowest BCUT2D eigenvalue weighted by Crippen LogP contribution is -1.84. The maximum Gasteiger partial charge on any atom is 0.137 e. The molecule has 0 aliphatic heterocycles. The molecule has 2 aromatic carbocycles. The Hall–Kier alpha value is -1.35. The fraction of sp³-hybridized carbons (Fsp3) is 0. The summed E-state index contributed by atoms with van der Waals surface area (Å²) in [5.41, 5.74) is 0. The minimum absolute atomic E-state index is 0.296. The number of hydrogen-bond donors (Lipinski definition) is 0. The number of para-hydroxylation sites is 1. The third-order valence-electron chi connectivity index (χ3n) is 1.87. The van der Waals surface area contributed by atoms with Gasteiger partial charge in [-0.05, 0) is 46.3 Å². The van der Waals surface area contributed by atoms with Crippen LogP contribution in [0.5, 0.6) is 11.5 Å². The van der Waals surface area contributed by atoms with E-state index in [1.165, 1.54) is 6.07 Å². The van der Waals surface area contributed by atoms with Gasteiger partial charge in [0.1, 0.15) is 17.3 Å². The first-order chi connectivity index (χ1) is 7.25. The lowest BCUT2D eigenvalue weighted by Gasteiger charge is -2.05. The van der Waals surface area contributed by atoms with Crippen molar-refractivity contribution in [2.75, 3.05) is 0 Å². The molecule has 0 unspecified atom stereocenters. The van der Waals surface area contributed by atoms with Crippen molar-refractivity contribution in [2.45, 2.75) is 0 Å². The van der Waals surface area contributed by atoms with Gasteiger partial charge < -0.3 is 4.74 Å². The summed E-state index contributed by atoms with van der Waals surface area (Å²) in [6.45, 7) is 0. The van der Waals surface area contributed by atoms with Crippen LogP contribution in [-0.4, -0.2) is 0 Å². The van der Waals surface area contributed by atoms with E-state index in [4.69, 9.17) is 4.74 Å². The van der Waals surface area contributed by atoms with Crippen molar-refractivity contribution < 1.29 is 9.13 Å². The number of benzene rings is 2. The van der Waals surface area contributed by atoms with Gasteiger partial charge >= 0.3 is 0 Å². The van der Waals surface area contributed by atoms with Gasteiger partial charge in [-0.1, -0.05) is 18.2 Å². The Morgan fingerprint density at radius 3 is 2.33 bits per heavy atom. The van der Waals surface area contributed by atoms with Crippen LogP contribution in [0.15, 0.2) is 53.0 Å². The first-order valence-corrected chi connectivity index (χ1v) is 5.23. The Labute approximate surface area is 95.6 Å². The quantitative estimate of drug-likeness (QED) is 0.784. The molecule has 1 nitrogen and oxygen atoms in total. The molecule has 0 radical (unpaired) electrons. The average molecular weight is 267 g/mol. The molecule has 0 fully saturated rings. The molecule has 2 aromatic rings. The molecular formula is C12H8BrFO. The fourth-order valence-electron chi connectivity index (χ4n) is 1.16. The van der Waals surface area contributed by atoms with Crippen molar-refractivity contribution in [1.82, 2.24) is 0 Å². The van der Waals surface area contributed by atoms with Gasteiger partial charge in [-0.15, -0.1) is 0 Å². The van der Waals surface area contributed by atoms with E-state index in [0.717, 1.165) is 5.75 Å². The largest absolute Gasteiger partial charge is 0.457 e. The van der Waals surface area contributed by atoms with Gasteiger partial charge in [0.05, 0.1) is 4.47 Å². The molecule has 3 heteroatoms. The minimum Gasteiger partial charge on any atom is -0.457 e. The lowest BCUT2D eigenvalue weighted by molar-refractivity contribution is 0.480. The predicted octanol–water partition coefficient (Wildman–Crippen LogP) is 4.38. The van der Waals surface area contributed by atoms with Crippen molar-refractivity contribution in [3.63, 3.8) is 0 Å². The number of ether oxygens (including phenoxy) is 1. The summed E-state index contributed by atoms with van der Waals surface area (Å²) < 4.78 is 18.9. The zero-order chi connectivity index (χ0) is 10.7. The summed E-state index contributed by atoms with van der Waals surface area (Å²) >= 11 is 3.10. The van der Waals surface area contributed by atoms with Crippen LogP contribution in [0.25, 0.3) is 0 Å². The second-order valence-electron chi connectivity index (χ2n) is 2.99. The Kier molecular flexibility index (Phi) is 3.02. The monoisotopic (exact) mass is 266 g/mol. The normalized spacial score (nSPS) is 10.0. The summed E-state index contributed by atoms with van der Waals surface area (Å²) in [6.07, 6.45) is 0. The third kappa shape index (κ3) is 2.57. The van der Waals surface area contributed by atoms with Gasteiger partial charge in [-0.3, -0.25) is 0 Å². The fourth-order valence-corrected chi connectivity index (χ4v) is 1.52. The number of halogens is 2. The van der Waals surface area contributed by atoms with Gasteiger partial charge in [0.15, 0.2) is 0 Å². The molecule has 0 aromatic heterocycles. The van der Waals surface area contributed by atoms with Crippen LogP contribution in [0.2, 0.25) is 0 Å². The van der Waals surface area contributed by atoms with Crippen LogP contribution >= 0.6 is 15.9 Å². The molecule has 0 amide bonds. The second-order valence-corrected chi connectivity index (χ2v) is 3.85. The van der Waals surface area contributed by atoms with Crippen LogP contribution in [0.3, 0.4) is 0 Å². The van der Waals surface area contributed by atoms with Gasteiger partial charge in [0.25, 0.3) is 0 Å². The molecular weight excluding hydrogens is 259 g/mol. The molecule has 76 valence electrons. The Bertz CT molecular complexity index is 456. The van der Waals surface area contributed by atoms with E-state index in [1.807, 2.05) is 30.3 Å². The number of hydrogen-bond acceptors (Lipinski definition) is 1. The highest BCUT2D eigenvalue weighted by atomic mass is 79.9. The van der Waals surface area contributed by atoms with Crippen molar-refractivity contribution in [3.05, 3.63) is 58.8 Å². The summed E-state index contributed by atoms with van der Waals surface area (Å²) in [6, 6.07) is 13.9. The molecule has 0 N–H and O–H groups in total. The van der Waals surface area contributed by atoms with Crippen LogP contribution in [0.1, 0.15) is 0 Å². The molecule has 2 rings (SSSR count). The van der Waals surface area contributed by atoms with E-state index in [1.54, 1.807) is 12.1 Å². The highest BCUT2D eigenvalue weighted by Gasteiger charge is 2.01. The zero-order valence-corrected chi connectivity index (χ0v) is 9.37. The summed E-state index contributed by atoms with van der Waals surface area (Å²) in [5.74, 6) is 1.04. The van der Waals surface area contributed by atoms with Crippen molar-refractivity contribution in [1.29, 1.82) is 0 Å². The maximum absolute atomic E-state index is 12.9. The molecule has 0 bridgehead atoms. The topological polar surface area (TPSA) is 9.23 Å². The minimum atomic E-state index is -0.296. The van der Waals surface area contributed by atoms with E-state index in [0.29, 0.717) is 10.2 Å². The van der Waals surface area contributed by atoms with Gasteiger partial charge in [0.2, 0.25) is 0 Å². The maximum atomic E-state index is 12.9. The summed E-state index contributed by atoms with van der Waals surface area (Å²) in [7, 11) is 0. The predicted molar refractivity (Wildman–Crippen MR) is 60.6 cm³/mol. The van der Waals surface area contributed by atoms with E-state index in [2.05, 4.69) is 15.9 Å². The van der Waals surface area contributed by atoms with Crippen molar-refractivity contribution in [2.24, 2.45) is 0 Å². The van der Waals surface area contributed by atoms with Crippen LogP contribution in [0, 0.1) is 5.82 Å². The van der Waals surface area contributed by atoms with Crippen molar-refractivity contribution in [3.8, 4) is 11.5 Å². The molecule has 0 saturated heterocycles. The third-order valence-corrected chi connectivity index (χ3v) is 2.48. The highest BCUT2D eigenvalue weighted by Crippen LogP contribution is 2.25. The van der Waals surface area contributed by atoms with Crippen LogP contribution in [-0.2, 0) is 0 Å².